The molecule has 0 aliphatic rings. The van der Waals surface area contributed by atoms with Crippen molar-refractivity contribution in [2.24, 2.45) is 5.73 Å². The van der Waals surface area contributed by atoms with Crippen LogP contribution in [0.4, 0.5) is 5.69 Å². The van der Waals surface area contributed by atoms with Gasteiger partial charge in [-0.1, -0.05) is 6.07 Å². The number of aromatic hydroxyl groups is 1. The van der Waals surface area contributed by atoms with E-state index < -0.39 is 0 Å². The average Bonchev–Trinajstić information content (AvgIpc) is 2.11. The summed E-state index contributed by atoms with van der Waals surface area (Å²) >= 11 is 0. The highest BCUT2D eigenvalue weighted by atomic mass is 16.3. The molecule has 1 aromatic rings. The quantitative estimate of drug-likeness (QED) is 0.660. The Morgan fingerprint density at radius 3 is 2.77 bits per heavy atom. The third-order valence-electron chi connectivity index (χ3n) is 1.98. The van der Waals surface area contributed by atoms with Crippen molar-refractivity contribution in [1.29, 1.82) is 0 Å². The molecule has 0 aromatic heterocycles. The van der Waals surface area contributed by atoms with Crippen molar-refractivity contribution in [3.63, 3.8) is 0 Å². The molecule has 0 amide bonds. The van der Waals surface area contributed by atoms with E-state index in [9.17, 15) is 5.11 Å². The smallest absolute Gasteiger partial charge is 0.120 e. The molecule has 0 spiro atoms. The van der Waals surface area contributed by atoms with E-state index in [1.165, 1.54) is 0 Å². The van der Waals surface area contributed by atoms with E-state index in [1.54, 1.807) is 6.07 Å². The molecule has 1 aromatic carbocycles. The second-order valence-electron chi connectivity index (χ2n) is 3.28. The zero-order valence-electron chi connectivity index (χ0n) is 8.04. The third-order valence-corrected chi connectivity index (χ3v) is 1.98. The van der Waals surface area contributed by atoms with Gasteiger partial charge in [-0.3, -0.25) is 0 Å². The van der Waals surface area contributed by atoms with Crippen molar-refractivity contribution < 1.29 is 5.11 Å². The van der Waals surface area contributed by atoms with Gasteiger partial charge in [-0.2, -0.15) is 0 Å². The second-order valence-corrected chi connectivity index (χ2v) is 3.28. The van der Waals surface area contributed by atoms with Crippen LogP contribution in [0.25, 0.3) is 0 Å². The topological polar surface area (TPSA) is 58.3 Å². The van der Waals surface area contributed by atoms with E-state index in [0.29, 0.717) is 12.3 Å². The largest absolute Gasteiger partial charge is 0.508 e. The minimum atomic E-state index is 0.224. The Hall–Kier alpha value is -1.22. The van der Waals surface area contributed by atoms with Crippen LogP contribution in [0.15, 0.2) is 18.2 Å². The van der Waals surface area contributed by atoms with Crippen LogP contribution in [0, 0.1) is 6.92 Å². The lowest BCUT2D eigenvalue weighted by molar-refractivity contribution is 0.471. The highest BCUT2D eigenvalue weighted by Gasteiger charge is 2.01. The predicted octanol–water partition coefficient (Wildman–Crippen LogP) is 1.46. The van der Waals surface area contributed by atoms with E-state index in [4.69, 9.17) is 5.73 Å². The first-order valence-electron chi connectivity index (χ1n) is 4.39. The Balaban J connectivity index is 2.73. The van der Waals surface area contributed by atoms with Crippen LogP contribution in [0.5, 0.6) is 5.75 Å². The maximum Gasteiger partial charge on any atom is 0.120 e. The molecule has 0 saturated heterocycles. The SMILES string of the molecule is Cc1ccc(NC(C)CN)cc1O. The average molecular weight is 180 g/mol. The summed E-state index contributed by atoms with van der Waals surface area (Å²) in [6.07, 6.45) is 0. The van der Waals surface area contributed by atoms with Crippen LogP contribution < -0.4 is 11.1 Å². The third kappa shape index (κ3) is 2.63. The molecule has 0 saturated carbocycles. The summed E-state index contributed by atoms with van der Waals surface area (Å²) in [5.41, 5.74) is 7.25. The van der Waals surface area contributed by atoms with Gasteiger partial charge in [0.25, 0.3) is 0 Å². The molecule has 0 heterocycles. The Morgan fingerprint density at radius 1 is 1.54 bits per heavy atom. The minimum absolute atomic E-state index is 0.224. The van der Waals surface area contributed by atoms with Crippen molar-refractivity contribution >= 4 is 5.69 Å². The standard InChI is InChI=1S/C10H16N2O/c1-7-3-4-9(5-10(7)13)12-8(2)6-11/h3-5,8,12-13H,6,11H2,1-2H3. The molecule has 4 N–H and O–H groups in total. The van der Waals surface area contributed by atoms with Crippen LogP contribution in [0.2, 0.25) is 0 Å². The number of hydrogen-bond acceptors (Lipinski definition) is 3. The summed E-state index contributed by atoms with van der Waals surface area (Å²) in [4.78, 5) is 0. The van der Waals surface area contributed by atoms with Gasteiger partial charge in [-0.05, 0) is 25.5 Å². The first kappa shape index (κ1) is 9.86. The van der Waals surface area contributed by atoms with Gasteiger partial charge in [0.15, 0.2) is 0 Å². The maximum absolute atomic E-state index is 9.41. The number of phenols is 1. The summed E-state index contributed by atoms with van der Waals surface area (Å²) in [5, 5.41) is 12.6. The van der Waals surface area contributed by atoms with Gasteiger partial charge in [-0.25, -0.2) is 0 Å². The first-order chi connectivity index (χ1) is 6.13. The van der Waals surface area contributed by atoms with Crippen LogP contribution >= 0.6 is 0 Å². The van der Waals surface area contributed by atoms with Gasteiger partial charge in [0.1, 0.15) is 5.75 Å². The molecular weight excluding hydrogens is 164 g/mol. The summed E-state index contributed by atoms with van der Waals surface area (Å²) in [5.74, 6) is 0.314. The lowest BCUT2D eigenvalue weighted by Crippen LogP contribution is -2.25. The van der Waals surface area contributed by atoms with Gasteiger partial charge < -0.3 is 16.2 Å². The summed E-state index contributed by atoms with van der Waals surface area (Å²) in [6.45, 7) is 4.44. The summed E-state index contributed by atoms with van der Waals surface area (Å²) in [7, 11) is 0. The first-order valence-corrected chi connectivity index (χ1v) is 4.39. The van der Waals surface area contributed by atoms with E-state index >= 15 is 0 Å². The van der Waals surface area contributed by atoms with E-state index in [0.717, 1.165) is 11.3 Å². The van der Waals surface area contributed by atoms with Gasteiger partial charge in [-0.15, -0.1) is 0 Å². The Morgan fingerprint density at radius 2 is 2.23 bits per heavy atom. The highest BCUT2D eigenvalue weighted by molar-refractivity contribution is 5.51. The predicted molar refractivity (Wildman–Crippen MR) is 55.0 cm³/mol. The monoisotopic (exact) mass is 180 g/mol. The highest BCUT2D eigenvalue weighted by Crippen LogP contribution is 2.20. The second kappa shape index (κ2) is 4.14. The zero-order valence-corrected chi connectivity index (χ0v) is 8.04. The molecule has 0 fully saturated rings. The number of aryl methyl sites for hydroxylation is 1. The molecule has 3 heteroatoms. The number of anilines is 1. The molecule has 0 aliphatic carbocycles. The van der Waals surface area contributed by atoms with Gasteiger partial charge in [0, 0.05) is 24.3 Å². The maximum atomic E-state index is 9.41. The normalized spacial score (nSPS) is 12.5. The summed E-state index contributed by atoms with van der Waals surface area (Å²) in [6, 6.07) is 5.74. The fourth-order valence-electron chi connectivity index (χ4n) is 1.04. The zero-order chi connectivity index (χ0) is 9.84. The molecule has 1 rings (SSSR count). The summed E-state index contributed by atoms with van der Waals surface area (Å²) < 4.78 is 0. The Labute approximate surface area is 78.6 Å². The molecule has 0 bridgehead atoms. The Kier molecular flexibility index (Phi) is 3.14. The number of rotatable bonds is 3. The lowest BCUT2D eigenvalue weighted by atomic mass is 10.2. The van der Waals surface area contributed by atoms with Crippen molar-refractivity contribution in [2.75, 3.05) is 11.9 Å². The molecule has 3 nitrogen and oxygen atoms in total. The van der Waals surface area contributed by atoms with Crippen molar-refractivity contribution in [2.45, 2.75) is 19.9 Å². The fourth-order valence-corrected chi connectivity index (χ4v) is 1.04. The van der Waals surface area contributed by atoms with Crippen molar-refractivity contribution in [3.05, 3.63) is 23.8 Å². The Bertz CT molecular complexity index is 286. The number of phenolic OH excluding ortho intramolecular Hbond substituents is 1. The molecule has 13 heavy (non-hydrogen) atoms. The van der Waals surface area contributed by atoms with E-state index in [1.807, 2.05) is 26.0 Å². The van der Waals surface area contributed by atoms with E-state index in [-0.39, 0.29) is 6.04 Å². The van der Waals surface area contributed by atoms with Crippen LogP contribution in [0.3, 0.4) is 0 Å². The van der Waals surface area contributed by atoms with Crippen molar-refractivity contribution in [1.82, 2.24) is 0 Å². The van der Waals surface area contributed by atoms with Crippen molar-refractivity contribution in [3.8, 4) is 5.75 Å². The molecule has 1 atom stereocenters. The lowest BCUT2D eigenvalue weighted by Gasteiger charge is -2.13. The minimum Gasteiger partial charge on any atom is -0.508 e. The van der Waals surface area contributed by atoms with Crippen LogP contribution in [-0.2, 0) is 0 Å². The van der Waals surface area contributed by atoms with Crippen LogP contribution in [-0.4, -0.2) is 17.7 Å². The van der Waals surface area contributed by atoms with E-state index in [2.05, 4.69) is 5.32 Å². The van der Waals surface area contributed by atoms with Gasteiger partial charge in [0.05, 0.1) is 0 Å². The number of hydrogen-bond donors (Lipinski definition) is 3. The number of nitrogens with one attached hydrogen (secondary N) is 1. The number of benzene rings is 1. The van der Waals surface area contributed by atoms with Crippen LogP contribution in [0.1, 0.15) is 12.5 Å². The molecule has 0 aliphatic heterocycles. The molecule has 72 valence electrons. The van der Waals surface area contributed by atoms with Gasteiger partial charge in [0.2, 0.25) is 0 Å². The molecule has 0 radical (unpaired) electrons. The molecule has 1 unspecified atom stereocenters. The number of nitrogens with two attached hydrogens (primary N) is 1. The fraction of sp³-hybridized carbons (Fsp3) is 0.400. The molecular formula is C10H16N2O. The van der Waals surface area contributed by atoms with Gasteiger partial charge >= 0.3 is 0 Å².